The molecule has 0 unspecified atom stereocenters. The third-order valence-corrected chi connectivity index (χ3v) is 4.66. The van der Waals surface area contributed by atoms with E-state index in [-0.39, 0.29) is 6.61 Å². The fourth-order valence-electron chi connectivity index (χ4n) is 2.31. The van der Waals surface area contributed by atoms with Gasteiger partial charge in [-0.15, -0.1) is 0 Å². The van der Waals surface area contributed by atoms with Gasteiger partial charge in [0.2, 0.25) is 0 Å². The van der Waals surface area contributed by atoms with E-state index in [0.29, 0.717) is 6.42 Å². The fraction of sp³-hybridized carbons (Fsp3) is 0.529. The normalized spacial score (nSPS) is 14.8. The Labute approximate surface area is 125 Å². The maximum atomic E-state index is 8.70. The first-order chi connectivity index (χ1) is 9.88. The lowest BCUT2D eigenvalue weighted by molar-refractivity contribution is 0.305. The Hall–Kier alpha value is -1.11. The summed E-state index contributed by atoms with van der Waals surface area (Å²) in [6, 6.07) is 7.86. The van der Waals surface area contributed by atoms with Gasteiger partial charge in [0, 0.05) is 23.0 Å². The van der Waals surface area contributed by atoms with Crippen molar-refractivity contribution in [3.63, 3.8) is 0 Å². The van der Waals surface area contributed by atoms with Gasteiger partial charge in [-0.05, 0) is 31.0 Å². The van der Waals surface area contributed by atoms with Gasteiger partial charge in [0.25, 0.3) is 0 Å². The van der Waals surface area contributed by atoms with E-state index in [0.717, 1.165) is 28.9 Å². The third-order valence-electron chi connectivity index (χ3n) is 3.31. The Balaban J connectivity index is 1.72. The summed E-state index contributed by atoms with van der Waals surface area (Å²) in [6.45, 7) is 0.871. The monoisotopic (exact) mass is 290 g/mol. The third kappa shape index (κ3) is 5.48. The van der Waals surface area contributed by atoms with Crippen LogP contribution in [-0.4, -0.2) is 29.3 Å². The van der Waals surface area contributed by atoms with Crippen molar-refractivity contribution in [2.24, 2.45) is 0 Å². The molecule has 0 aromatic heterocycles. The first kappa shape index (κ1) is 15.3. The number of ether oxygens (including phenoxy) is 1. The molecule has 20 heavy (non-hydrogen) atoms. The van der Waals surface area contributed by atoms with E-state index in [2.05, 4.69) is 11.8 Å². The molecule has 0 atom stereocenters. The number of hydrogen-bond acceptors (Lipinski definition) is 3. The van der Waals surface area contributed by atoms with E-state index in [1.54, 1.807) is 0 Å². The molecule has 2 rings (SSSR count). The highest BCUT2D eigenvalue weighted by molar-refractivity contribution is 7.99. The lowest BCUT2D eigenvalue weighted by atomic mass is 10.2. The molecule has 1 N–H and O–H groups in total. The number of rotatable bonds is 6. The van der Waals surface area contributed by atoms with E-state index in [1.807, 2.05) is 36.0 Å². The van der Waals surface area contributed by atoms with E-state index in [4.69, 9.17) is 9.84 Å². The minimum absolute atomic E-state index is 0.113. The molecular formula is C17H22O2S. The summed E-state index contributed by atoms with van der Waals surface area (Å²) in [4.78, 5) is 0. The summed E-state index contributed by atoms with van der Waals surface area (Å²) < 4.78 is 5.77. The second kappa shape index (κ2) is 8.94. The van der Waals surface area contributed by atoms with Gasteiger partial charge in [0.15, 0.2) is 0 Å². The van der Waals surface area contributed by atoms with Crippen molar-refractivity contribution >= 4 is 11.8 Å². The molecule has 1 aliphatic rings. The minimum atomic E-state index is 0.113. The fourth-order valence-corrected chi connectivity index (χ4v) is 3.49. The maximum Gasteiger partial charge on any atom is 0.120 e. The molecule has 1 aliphatic carbocycles. The van der Waals surface area contributed by atoms with Gasteiger partial charge in [-0.1, -0.05) is 30.7 Å². The Morgan fingerprint density at radius 3 is 2.95 bits per heavy atom. The van der Waals surface area contributed by atoms with Crippen LogP contribution in [0.3, 0.4) is 0 Å². The van der Waals surface area contributed by atoms with Crippen molar-refractivity contribution in [3.8, 4) is 17.6 Å². The number of aliphatic hydroxyl groups excluding tert-OH is 1. The Kier molecular flexibility index (Phi) is 6.83. The van der Waals surface area contributed by atoms with Gasteiger partial charge >= 0.3 is 0 Å². The smallest absolute Gasteiger partial charge is 0.120 e. The summed E-state index contributed by atoms with van der Waals surface area (Å²) in [7, 11) is 0. The number of benzene rings is 1. The van der Waals surface area contributed by atoms with E-state index < -0.39 is 0 Å². The Morgan fingerprint density at radius 2 is 2.15 bits per heavy atom. The second-order valence-corrected chi connectivity index (χ2v) is 6.34. The van der Waals surface area contributed by atoms with Crippen molar-refractivity contribution < 1.29 is 9.84 Å². The molecule has 0 spiro atoms. The van der Waals surface area contributed by atoms with Crippen LogP contribution >= 0.6 is 11.8 Å². The molecule has 0 saturated heterocycles. The SMILES string of the molecule is OCCC#Cc1cccc(OCCSC2CCCC2)c1. The zero-order valence-corrected chi connectivity index (χ0v) is 12.6. The summed E-state index contributed by atoms with van der Waals surface area (Å²) in [5.74, 6) is 7.89. The first-order valence-corrected chi connectivity index (χ1v) is 8.37. The average Bonchev–Trinajstić information content (AvgIpc) is 2.98. The molecular weight excluding hydrogens is 268 g/mol. The van der Waals surface area contributed by atoms with Crippen LogP contribution in [0.25, 0.3) is 0 Å². The maximum absolute atomic E-state index is 8.70. The summed E-state index contributed by atoms with van der Waals surface area (Å²) in [6.07, 6.45) is 6.06. The highest BCUT2D eigenvalue weighted by Gasteiger charge is 2.14. The van der Waals surface area contributed by atoms with Gasteiger partial charge < -0.3 is 9.84 Å². The van der Waals surface area contributed by atoms with Crippen LogP contribution in [0.15, 0.2) is 24.3 Å². The van der Waals surface area contributed by atoms with Crippen LogP contribution in [-0.2, 0) is 0 Å². The van der Waals surface area contributed by atoms with Crippen LogP contribution in [0.2, 0.25) is 0 Å². The van der Waals surface area contributed by atoms with Crippen LogP contribution in [0.5, 0.6) is 5.75 Å². The summed E-state index contributed by atoms with van der Waals surface area (Å²) >= 11 is 2.04. The van der Waals surface area contributed by atoms with Crippen molar-refractivity contribution in [2.45, 2.75) is 37.4 Å². The largest absolute Gasteiger partial charge is 0.493 e. The molecule has 1 aromatic rings. The van der Waals surface area contributed by atoms with Crippen LogP contribution in [0, 0.1) is 11.8 Å². The zero-order chi connectivity index (χ0) is 14.0. The van der Waals surface area contributed by atoms with Gasteiger partial charge in [-0.3, -0.25) is 0 Å². The van der Waals surface area contributed by atoms with Crippen LogP contribution in [0.4, 0.5) is 0 Å². The molecule has 2 nitrogen and oxygen atoms in total. The molecule has 108 valence electrons. The predicted molar refractivity (Wildman–Crippen MR) is 85.2 cm³/mol. The topological polar surface area (TPSA) is 29.5 Å². The molecule has 1 aromatic carbocycles. The number of hydrogen-bond donors (Lipinski definition) is 1. The molecule has 3 heteroatoms. The quantitative estimate of drug-likeness (QED) is 0.642. The lowest BCUT2D eigenvalue weighted by Gasteiger charge is -2.10. The van der Waals surface area contributed by atoms with E-state index in [9.17, 15) is 0 Å². The molecule has 0 heterocycles. The van der Waals surface area contributed by atoms with Crippen molar-refractivity contribution in [1.82, 2.24) is 0 Å². The highest BCUT2D eigenvalue weighted by Crippen LogP contribution is 2.29. The van der Waals surface area contributed by atoms with Crippen molar-refractivity contribution in [1.29, 1.82) is 0 Å². The Bertz CT molecular complexity index is 456. The number of thioether (sulfide) groups is 1. The van der Waals surface area contributed by atoms with Crippen LogP contribution in [0.1, 0.15) is 37.7 Å². The molecule has 0 aliphatic heterocycles. The first-order valence-electron chi connectivity index (χ1n) is 7.32. The highest BCUT2D eigenvalue weighted by atomic mass is 32.2. The molecule has 0 radical (unpaired) electrons. The zero-order valence-electron chi connectivity index (χ0n) is 11.8. The minimum Gasteiger partial charge on any atom is -0.493 e. The van der Waals surface area contributed by atoms with Crippen molar-refractivity contribution in [2.75, 3.05) is 19.0 Å². The summed E-state index contributed by atoms with van der Waals surface area (Å²) in [5.41, 5.74) is 0.944. The molecule has 0 bridgehead atoms. The van der Waals surface area contributed by atoms with E-state index in [1.165, 1.54) is 25.7 Å². The second-order valence-electron chi connectivity index (χ2n) is 4.93. The molecule has 1 saturated carbocycles. The van der Waals surface area contributed by atoms with Gasteiger partial charge in [0.1, 0.15) is 5.75 Å². The van der Waals surface area contributed by atoms with Gasteiger partial charge in [-0.25, -0.2) is 0 Å². The van der Waals surface area contributed by atoms with Crippen LogP contribution < -0.4 is 4.74 Å². The number of aliphatic hydroxyl groups is 1. The van der Waals surface area contributed by atoms with Gasteiger partial charge in [0.05, 0.1) is 13.2 Å². The summed E-state index contributed by atoms with van der Waals surface area (Å²) in [5, 5.41) is 9.56. The predicted octanol–water partition coefficient (Wildman–Crippen LogP) is 3.48. The van der Waals surface area contributed by atoms with Gasteiger partial charge in [-0.2, -0.15) is 11.8 Å². The molecule has 0 amide bonds. The Morgan fingerprint density at radius 1 is 1.30 bits per heavy atom. The standard InChI is InChI=1S/C17H22O2S/c18-11-4-3-6-15-7-5-8-16(14-15)19-12-13-20-17-9-1-2-10-17/h5,7-8,14,17-18H,1-2,4,9-13H2. The molecule has 1 fully saturated rings. The average molecular weight is 290 g/mol. The lowest BCUT2D eigenvalue weighted by Crippen LogP contribution is -2.04. The van der Waals surface area contributed by atoms with Crippen molar-refractivity contribution in [3.05, 3.63) is 29.8 Å². The van der Waals surface area contributed by atoms with E-state index >= 15 is 0 Å².